The number of nitrogens with zero attached hydrogens (tertiary/aromatic N) is 1. The van der Waals surface area contributed by atoms with Crippen LogP contribution in [-0.4, -0.2) is 77.4 Å². The number of carbonyl (C=O) groups is 5. The first kappa shape index (κ1) is 26.3. The van der Waals surface area contributed by atoms with Crippen LogP contribution in [0, 0.1) is 0 Å². The summed E-state index contributed by atoms with van der Waals surface area (Å²) in [6, 6.07) is 6.53. The number of urea groups is 1. The number of carboxylic acid groups (broad SMARTS) is 2. The van der Waals surface area contributed by atoms with Crippen LogP contribution < -0.4 is 10.6 Å². The quantitative estimate of drug-likeness (QED) is 0.340. The van der Waals surface area contributed by atoms with Gasteiger partial charge in [0, 0.05) is 18.8 Å². The van der Waals surface area contributed by atoms with Gasteiger partial charge >= 0.3 is 29.9 Å². The van der Waals surface area contributed by atoms with Crippen LogP contribution in [0.15, 0.2) is 35.5 Å². The molecule has 184 valence electrons. The van der Waals surface area contributed by atoms with Gasteiger partial charge in [-0.15, -0.1) is 0 Å². The summed E-state index contributed by atoms with van der Waals surface area (Å²) < 4.78 is 10.2. The molecule has 0 saturated carbocycles. The Bertz CT molecular complexity index is 993. The van der Waals surface area contributed by atoms with Crippen LogP contribution in [0.25, 0.3) is 0 Å². The third-order valence-electron chi connectivity index (χ3n) is 5.23. The van der Waals surface area contributed by atoms with E-state index in [9.17, 15) is 14.4 Å². The number of hydrogen-bond acceptors (Lipinski definition) is 8. The number of nitrogens with one attached hydrogen (secondary N) is 2. The fourth-order valence-corrected chi connectivity index (χ4v) is 3.72. The zero-order valence-corrected chi connectivity index (χ0v) is 19.0. The molecule has 2 heterocycles. The van der Waals surface area contributed by atoms with E-state index in [0.717, 1.165) is 11.1 Å². The molecule has 2 aliphatic heterocycles. The third-order valence-corrected chi connectivity index (χ3v) is 5.23. The molecule has 2 aliphatic rings. The third kappa shape index (κ3) is 6.54. The first-order valence-corrected chi connectivity index (χ1v) is 10.4. The second-order valence-corrected chi connectivity index (χ2v) is 7.46. The topological polar surface area (TPSA) is 172 Å². The van der Waals surface area contributed by atoms with Crippen molar-refractivity contribution in [3.05, 3.63) is 46.7 Å². The SMILES string of the molecule is CCOC(=O)C1=C(CN2Cc3ccccc3CC2C(=O)OC)NC(=O)NC1C.O=C(O)C(=O)O. The number of carboxylic acids is 2. The van der Waals surface area contributed by atoms with E-state index in [2.05, 4.69) is 10.6 Å². The van der Waals surface area contributed by atoms with Gasteiger partial charge in [-0.3, -0.25) is 9.69 Å². The Balaban J connectivity index is 0.000000604. The molecule has 2 unspecified atom stereocenters. The van der Waals surface area contributed by atoms with E-state index < -0.39 is 30.0 Å². The van der Waals surface area contributed by atoms with Crippen LogP contribution in [0.3, 0.4) is 0 Å². The van der Waals surface area contributed by atoms with Gasteiger partial charge < -0.3 is 30.3 Å². The molecule has 0 aliphatic carbocycles. The van der Waals surface area contributed by atoms with Crippen molar-refractivity contribution in [3.8, 4) is 0 Å². The Morgan fingerprint density at radius 3 is 2.29 bits per heavy atom. The Morgan fingerprint density at radius 1 is 1.12 bits per heavy atom. The zero-order valence-electron chi connectivity index (χ0n) is 19.0. The lowest BCUT2D eigenvalue weighted by molar-refractivity contribution is -0.159. The van der Waals surface area contributed by atoms with Gasteiger partial charge in [-0.2, -0.15) is 0 Å². The Hall–Kier alpha value is -3.93. The fraction of sp³-hybridized carbons (Fsp3) is 0.409. The second-order valence-electron chi connectivity index (χ2n) is 7.46. The van der Waals surface area contributed by atoms with Gasteiger partial charge in [0.25, 0.3) is 0 Å². The smallest absolute Gasteiger partial charge is 0.414 e. The molecule has 0 radical (unpaired) electrons. The summed E-state index contributed by atoms with van der Waals surface area (Å²) in [4.78, 5) is 57.0. The predicted octanol–water partition coefficient (Wildman–Crippen LogP) is 0.260. The number of esters is 2. The number of ether oxygens (including phenoxy) is 2. The van der Waals surface area contributed by atoms with Crippen LogP contribution in [-0.2, 0) is 41.6 Å². The molecule has 12 heteroatoms. The first-order valence-electron chi connectivity index (χ1n) is 10.4. The standard InChI is InChI=1S/C20H25N3O5.C2H2O4/c1-4-28-19(25)17-12(2)21-20(26)22-15(17)11-23-10-14-8-6-5-7-13(14)9-16(23)18(24)27-3;3-1(4)2(5)6/h5-8,12,16H,4,9-11H2,1-3H3,(H2,21,22,26);(H,3,4)(H,5,6). The molecular weight excluding hydrogens is 450 g/mol. The van der Waals surface area contributed by atoms with Crippen LogP contribution >= 0.6 is 0 Å². The number of benzene rings is 1. The summed E-state index contributed by atoms with van der Waals surface area (Å²) in [5, 5.41) is 20.2. The zero-order chi connectivity index (χ0) is 25.4. The molecule has 0 spiro atoms. The van der Waals surface area contributed by atoms with E-state index >= 15 is 0 Å². The lowest BCUT2D eigenvalue weighted by atomic mass is 9.93. The monoisotopic (exact) mass is 477 g/mol. The van der Waals surface area contributed by atoms with Gasteiger partial charge in [-0.25, -0.2) is 19.2 Å². The molecule has 1 aromatic carbocycles. The van der Waals surface area contributed by atoms with E-state index in [1.807, 2.05) is 29.2 Å². The van der Waals surface area contributed by atoms with Crippen molar-refractivity contribution in [3.63, 3.8) is 0 Å². The van der Waals surface area contributed by atoms with E-state index in [1.165, 1.54) is 7.11 Å². The van der Waals surface area contributed by atoms with E-state index in [0.29, 0.717) is 24.2 Å². The van der Waals surface area contributed by atoms with Gasteiger partial charge in [-0.1, -0.05) is 24.3 Å². The molecule has 0 fully saturated rings. The number of fused-ring (bicyclic) bond motifs is 1. The normalized spacial score (nSPS) is 19.4. The molecule has 3 rings (SSSR count). The summed E-state index contributed by atoms with van der Waals surface area (Å²) in [5.74, 6) is -4.48. The van der Waals surface area contributed by atoms with Crippen LogP contribution in [0.5, 0.6) is 0 Å². The lowest BCUT2D eigenvalue weighted by Crippen LogP contribution is -2.53. The summed E-state index contributed by atoms with van der Waals surface area (Å²) in [7, 11) is 1.36. The molecular formula is C22H27N3O9. The molecule has 12 nitrogen and oxygen atoms in total. The lowest BCUT2D eigenvalue weighted by Gasteiger charge is -2.37. The van der Waals surface area contributed by atoms with E-state index in [4.69, 9.17) is 29.3 Å². The second kappa shape index (κ2) is 11.8. The van der Waals surface area contributed by atoms with Crippen molar-refractivity contribution in [2.24, 2.45) is 0 Å². The van der Waals surface area contributed by atoms with Crippen molar-refractivity contribution in [2.45, 2.75) is 38.9 Å². The number of methoxy groups -OCH3 is 1. The van der Waals surface area contributed by atoms with Crippen molar-refractivity contribution in [1.29, 1.82) is 0 Å². The average molecular weight is 477 g/mol. The predicted molar refractivity (Wildman–Crippen MR) is 116 cm³/mol. The first-order chi connectivity index (χ1) is 16.1. The highest BCUT2D eigenvalue weighted by atomic mass is 16.5. The van der Waals surface area contributed by atoms with Gasteiger partial charge in [0.1, 0.15) is 6.04 Å². The molecule has 0 bridgehead atoms. The van der Waals surface area contributed by atoms with Crippen LogP contribution in [0.2, 0.25) is 0 Å². The number of amides is 2. The van der Waals surface area contributed by atoms with Crippen molar-refractivity contribution < 1.29 is 43.7 Å². The number of hydrogen-bond donors (Lipinski definition) is 4. The highest BCUT2D eigenvalue weighted by molar-refractivity contribution is 6.27. The highest BCUT2D eigenvalue weighted by Gasteiger charge is 2.36. The summed E-state index contributed by atoms with van der Waals surface area (Å²) in [6.45, 7) is 4.42. The van der Waals surface area contributed by atoms with Gasteiger partial charge in [0.05, 0.1) is 25.3 Å². The van der Waals surface area contributed by atoms with Gasteiger partial charge in [0.15, 0.2) is 0 Å². The summed E-state index contributed by atoms with van der Waals surface area (Å²) >= 11 is 0. The van der Waals surface area contributed by atoms with Gasteiger partial charge in [-0.05, 0) is 31.4 Å². The number of aliphatic carboxylic acids is 2. The van der Waals surface area contributed by atoms with Crippen molar-refractivity contribution in [1.82, 2.24) is 15.5 Å². The van der Waals surface area contributed by atoms with Crippen molar-refractivity contribution in [2.75, 3.05) is 20.3 Å². The molecule has 1 aromatic rings. The maximum atomic E-state index is 12.5. The highest BCUT2D eigenvalue weighted by Crippen LogP contribution is 2.26. The number of carbonyl (C=O) groups excluding carboxylic acids is 3. The minimum absolute atomic E-state index is 0.222. The molecule has 4 N–H and O–H groups in total. The molecule has 2 amide bonds. The Morgan fingerprint density at radius 2 is 1.74 bits per heavy atom. The maximum Gasteiger partial charge on any atom is 0.414 e. The average Bonchev–Trinajstić information content (AvgIpc) is 2.78. The van der Waals surface area contributed by atoms with Crippen molar-refractivity contribution >= 4 is 29.9 Å². The van der Waals surface area contributed by atoms with E-state index in [1.54, 1.807) is 13.8 Å². The van der Waals surface area contributed by atoms with Gasteiger partial charge in [0.2, 0.25) is 0 Å². The molecule has 0 saturated heterocycles. The summed E-state index contributed by atoms with van der Waals surface area (Å²) in [5.41, 5.74) is 3.01. The largest absolute Gasteiger partial charge is 0.473 e. The summed E-state index contributed by atoms with van der Waals surface area (Å²) in [6.07, 6.45) is 0.507. The van der Waals surface area contributed by atoms with E-state index in [-0.39, 0.29) is 25.2 Å². The molecule has 0 aromatic heterocycles. The maximum absolute atomic E-state index is 12.5. The Kier molecular flexibility index (Phi) is 9.13. The van der Waals surface area contributed by atoms with Crippen LogP contribution in [0.1, 0.15) is 25.0 Å². The minimum atomic E-state index is -1.82. The number of rotatable bonds is 5. The minimum Gasteiger partial charge on any atom is -0.473 e. The molecule has 34 heavy (non-hydrogen) atoms. The molecule has 2 atom stereocenters. The fourth-order valence-electron chi connectivity index (χ4n) is 3.72. The van der Waals surface area contributed by atoms with Crippen LogP contribution in [0.4, 0.5) is 4.79 Å². The Labute approximate surface area is 195 Å².